The summed E-state index contributed by atoms with van der Waals surface area (Å²) in [6.45, 7) is 5.43. The second kappa shape index (κ2) is 8.26. The van der Waals surface area contributed by atoms with Crippen molar-refractivity contribution in [2.24, 2.45) is 0 Å². The Morgan fingerprint density at radius 3 is 3.04 bits per heavy atom. The first-order valence-corrected chi connectivity index (χ1v) is 11.3. The number of benzene rings is 1. The Labute approximate surface area is 160 Å². The Morgan fingerprint density at radius 2 is 2.31 bits per heavy atom. The van der Waals surface area contributed by atoms with E-state index in [2.05, 4.69) is 47.3 Å². The van der Waals surface area contributed by atoms with E-state index in [1.807, 2.05) is 0 Å². The fraction of sp³-hybridized carbons (Fsp3) is 0.500. The van der Waals surface area contributed by atoms with Crippen molar-refractivity contribution in [2.45, 2.75) is 50.5 Å². The third kappa shape index (κ3) is 3.53. The van der Waals surface area contributed by atoms with Gasteiger partial charge in [-0.25, -0.2) is 0 Å². The van der Waals surface area contributed by atoms with E-state index >= 15 is 0 Å². The molecular formula is C20H25N3O2Se. The van der Waals surface area contributed by atoms with E-state index in [0.717, 1.165) is 30.3 Å². The molecule has 26 heavy (non-hydrogen) atoms. The zero-order valence-electron chi connectivity index (χ0n) is 15.4. The van der Waals surface area contributed by atoms with Gasteiger partial charge in [-0.3, -0.25) is 0 Å². The van der Waals surface area contributed by atoms with Gasteiger partial charge in [0.2, 0.25) is 0 Å². The third-order valence-electron chi connectivity index (χ3n) is 5.20. The molecule has 1 unspecified atom stereocenters. The molecule has 2 aromatic rings. The van der Waals surface area contributed by atoms with Crippen LogP contribution in [0.1, 0.15) is 43.5 Å². The minimum atomic E-state index is -0.595. The number of nitrogens with one attached hydrogen (secondary N) is 2. The van der Waals surface area contributed by atoms with Crippen LogP contribution in [0.15, 0.2) is 18.2 Å². The molecule has 6 heteroatoms. The number of aromatic nitrogens is 1. The van der Waals surface area contributed by atoms with Crippen molar-refractivity contribution in [3.05, 3.63) is 35.0 Å². The summed E-state index contributed by atoms with van der Waals surface area (Å²) in [6, 6.07) is 6.43. The van der Waals surface area contributed by atoms with E-state index in [4.69, 9.17) is 10.00 Å². The number of para-hydroxylation sites is 1. The fourth-order valence-electron chi connectivity index (χ4n) is 3.85. The molecular weight excluding hydrogens is 393 g/mol. The van der Waals surface area contributed by atoms with Crippen molar-refractivity contribution < 1.29 is 9.53 Å². The van der Waals surface area contributed by atoms with Crippen molar-refractivity contribution in [2.75, 3.05) is 13.2 Å². The zero-order chi connectivity index (χ0) is 18.6. The number of aromatic amines is 1. The van der Waals surface area contributed by atoms with E-state index in [1.54, 1.807) is 0 Å². The zero-order valence-corrected chi connectivity index (χ0v) is 17.1. The molecule has 0 bridgehead atoms. The number of fused-ring (bicyclic) bond motifs is 3. The molecule has 0 fully saturated rings. The molecule has 1 aromatic carbocycles. The molecule has 138 valence electrons. The molecule has 2 N–H and O–H groups in total. The van der Waals surface area contributed by atoms with Crippen LogP contribution >= 0.6 is 0 Å². The normalized spacial score (nSPS) is 19.1. The second-order valence-electron chi connectivity index (χ2n) is 6.58. The molecule has 1 aliphatic heterocycles. The van der Waals surface area contributed by atoms with Gasteiger partial charge >= 0.3 is 160 Å². The number of hydrogen-bond acceptors (Lipinski definition) is 3. The van der Waals surface area contributed by atoms with Crippen LogP contribution in [-0.2, 0) is 28.0 Å². The molecule has 1 amide bonds. The topological polar surface area (TPSA) is 77.9 Å². The number of H-pyrrole nitrogens is 1. The van der Waals surface area contributed by atoms with Crippen LogP contribution in [0, 0.1) is 10.2 Å². The molecule has 3 rings (SSSR count). The Balaban J connectivity index is 1.90. The van der Waals surface area contributed by atoms with Gasteiger partial charge in [0.1, 0.15) is 0 Å². The maximum absolute atomic E-state index is 12.5. The average molecular weight is 418 g/mol. The predicted octanol–water partition coefficient (Wildman–Crippen LogP) is 3.02. The summed E-state index contributed by atoms with van der Waals surface area (Å²) in [6.07, 6.45) is 2.89. The van der Waals surface area contributed by atoms with Gasteiger partial charge in [0.25, 0.3) is 0 Å². The van der Waals surface area contributed by atoms with E-state index < -0.39 is 5.60 Å². The molecule has 0 radical (unpaired) electrons. The summed E-state index contributed by atoms with van der Waals surface area (Å²) in [7, 11) is 0. The number of hydrogen-bond donors (Lipinski definition) is 2. The van der Waals surface area contributed by atoms with Crippen molar-refractivity contribution in [1.82, 2.24) is 10.3 Å². The first-order valence-electron chi connectivity index (χ1n) is 9.19. The quantitative estimate of drug-likeness (QED) is 0.536. The van der Waals surface area contributed by atoms with Crippen LogP contribution in [0.2, 0.25) is 5.32 Å². The van der Waals surface area contributed by atoms with Crippen LogP contribution in [0.3, 0.4) is 0 Å². The minimum absolute atomic E-state index is 0.0113. The number of carbonyl (C=O) groups excluding carboxylic acids is 1. The van der Waals surface area contributed by atoms with Gasteiger partial charge in [-0.2, -0.15) is 0 Å². The van der Waals surface area contributed by atoms with Gasteiger partial charge < -0.3 is 0 Å². The Hall–Kier alpha value is -1.80. The molecule has 2 heterocycles. The SMILES string of the molecule is CCc1cccc2c3c([nH]c12)C(CC)(CC(=O)NCC[Se]C#N)OCC3. The van der Waals surface area contributed by atoms with Crippen molar-refractivity contribution >= 4 is 31.8 Å². The summed E-state index contributed by atoms with van der Waals surface area (Å²) < 4.78 is 6.20. The van der Waals surface area contributed by atoms with E-state index in [1.165, 1.54) is 22.0 Å². The van der Waals surface area contributed by atoms with Crippen molar-refractivity contribution in [3.8, 4) is 4.97 Å². The summed E-state index contributed by atoms with van der Waals surface area (Å²) >= 11 is -0.0576. The molecule has 0 saturated heterocycles. The summed E-state index contributed by atoms with van der Waals surface area (Å²) in [5, 5.41) is 13.6. The number of carbonyl (C=O) groups is 1. The number of ether oxygens (including phenoxy) is 1. The molecule has 0 spiro atoms. The Kier molecular flexibility index (Phi) is 6.03. The predicted molar refractivity (Wildman–Crippen MR) is 103 cm³/mol. The number of nitrogens with zero attached hydrogens (tertiary/aromatic N) is 1. The first kappa shape index (κ1) is 19.0. The molecule has 0 aliphatic carbocycles. The molecule has 1 aromatic heterocycles. The molecule has 5 nitrogen and oxygen atoms in total. The summed E-state index contributed by atoms with van der Waals surface area (Å²) in [5.74, 6) is -0.0113. The van der Waals surface area contributed by atoms with E-state index in [-0.39, 0.29) is 20.9 Å². The molecule has 0 saturated carbocycles. The standard InChI is InChI=1S/C20H25N3O2Se/c1-3-14-6-5-7-15-16-8-10-25-20(4-2,19(16)23-18(14)15)12-17(24)22-9-11-26-13-21/h5-7,23H,3-4,8-12H2,1-2H3,(H,22,24). The monoisotopic (exact) mass is 419 g/mol. The van der Waals surface area contributed by atoms with Crippen molar-refractivity contribution in [3.63, 3.8) is 0 Å². The van der Waals surface area contributed by atoms with Gasteiger partial charge in [-0.1, -0.05) is 0 Å². The summed E-state index contributed by atoms with van der Waals surface area (Å²) in [5.41, 5.74) is 4.25. The third-order valence-corrected chi connectivity index (χ3v) is 6.33. The fourth-order valence-corrected chi connectivity index (χ4v) is 4.47. The van der Waals surface area contributed by atoms with Crippen LogP contribution in [-0.4, -0.2) is 39.0 Å². The van der Waals surface area contributed by atoms with Gasteiger partial charge in [0.05, 0.1) is 0 Å². The van der Waals surface area contributed by atoms with E-state index in [9.17, 15) is 4.79 Å². The average Bonchev–Trinajstić information content (AvgIpc) is 3.05. The van der Waals surface area contributed by atoms with Gasteiger partial charge in [-0.05, 0) is 0 Å². The first-order chi connectivity index (χ1) is 12.6. The Bertz CT molecular complexity index is 839. The van der Waals surface area contributed by atoms with Gasteiger partial charge in [-0.15, -0.1) is 0 Å². The van der Waals surface area contributed by atoms with Crippen LogP contribution in [0.5, 0.6) is 0 Å². The van der Waals surface area contributed by atoms with Gasteiger partial charge in [0.15, 0.2) is 0 Å². The Morgan fingerprint density at radius 1 is 1.46 bits per heavy atom. The number of rotatable bonds is 7. The van der Waals surface area contributed by atoms with Crippen molar-refractivity contribution in [1.29, 1.82) is 5.26 Å². The molecule has 1 atom stereocenters. The van der Waals surface area contributed by atoms with Crippen LogP contribution in [0.25, 0.3) is 10.9 Å². The summed E-state index contributed by atoms with van der Waals surface area (Å²) in [4.78, 5) is 18.3. The number of aryl methyl sites for hydroxylation is 1. The molecule has 1 aliphatic rings. The van der Waals surface area contributed by atoms with E-state index in [0.29, 0.717) is 19.6 Å². The second-order valence-corrected chi connectivity index (χ2v) is 8.43. The maximum atomic E-state index is 12.5. The number of amides is 1. The van der Waals surface area contributed by atoms with Gasteiger partial charge in [0, 0.05) is 0 Å². The van der Waals surface area contributed by atoms with Crippen LogP contribution < -0.4 is 5.32 Å². The van der Waals surface area contributed by atoms with Crippen LogP contribution in [0.4, 0.5) is 0 Å². The number of nitriles is 1.